The summed E-state index contributed by atoms with van der Waals surface area (Å²) in [7, 11) is -3.29. The van der Waals surface area contributed by atoms with Crippen LogP contribution in [0.5, 0.6) is 0 Å². The van der Waals surface area contributed by atoms with Crippen LogP contribution in [-0.2, 0) is 19.6 Å². The van der Waals surface area contributed by atoms with Crippen LogP contribution in [0.3, 0.4) is 0 Å². The van der Waals surface area contributed by atoms with Gasteiger partial charge in [0.25, 0.3) is 0 Å². The van der Waals surface area contributed by atoms with Gasteiger partial charge in [0, 0.05) is 30.2 Å². The fraction of sp³-hybridized carbons (Fsp3) is 0.727. The summed E-state index contributed by atoms with van der Waals surface area (Å²) in [6, 6.07) is -0.536. The minimum absolute atomic E-state index is 0.00321. The Kier molecular flexibility index (Phi) is 9.12. The Bertz CT molecular complexity index is 785. The largest absolute Gasteiger partial charge is 0.368 e. The van der Waals surface area contributed by atoms with E-state index in [0.717, 1.165) is 31.5 Å². The van der Waals surface area contributed by atoms with Crippen molar-refractivity contribution in [1.82, 2.24) is 14.9 Å². The number of hydrogen-bond acceptors (Lipinski definition) is 5. The van der Waals surface area contributed by atoms with Crippen molar-refractivity contribution in [3.8, 4) is 0 Å². The Labute approximate surface area is 186 Å². The van der Waals surface area contributed by atoms with Crippen LogP contribution < -0.4 is 15.8 Å². The first-order chi connectivity index (χ1) is 14.5. The van der Waals surface area contributed by atoms with Gasteiger partial charge in [0.15, 0.2) is 0 Å². The number of nitrogens with one attached hydrogen (secondary N) is 2. The molecule has 2 fully saturated rings. The molecule has 31 heavy (non-hydrogen) atoms. The van der Waals surface area contributed by atoms with Gasteiger partial charge in [-0.15, -0.1) is 0 Å². The van der Waals surface area contributed by atoms with Crippen LogP contribution in [0.4, 0.5) is 0 Å². The number of hydrogen-bond donors (Lipinski definition) is 3. The summed E-state index contributed by atoms with van der Waals surface area (Å²) < 4.78 is 26.8. The molecule has 1 aliphatic carbocycles. The lowest BCUT2D eigenvalue weighted by Gasteiger charge is -2.29. The highest BCUT2D eigenvalue weighted by molar-refractivity contribution is 7.90. The van der Waals surface area contributed by atoms with E-state index < -0.39 is 15.3 Å². The van der Waals surface area contributed by atoms with Crippen molar-refractivity contribution in [3.63, 3.8) is 0 Å². The molecular weight excluding hydrogens is 416 g/mol. The average Bonchev–Trinajstić information content (AvgIpc) is 3.21. The van der Waals surface area contributed by atoms with E-state index in [-0.39, 0.29) is 35.9 Å². The molecule has 176 valence electrons. The third-order valence-corrected chi connectivity index (χ3v) is 8.19. The Hall–Kier alpha value is -1.87. The molecule has 1 saturated heterocycles. The number of carbonyl (C=O) groups is 2. The van der Waals surface area contributed by atoms with Gasteiger partial charge in [-0.2, -0.15) is 0 Å². The molecule has 2 rings (SSSR count). The normalized spacial score (nSPS) is 25.7. The summed E-state index contributed by atoms with van der Waals surface area (Å²) in [6.07, 6.45) is 8.81. The van der Waals surface area contributed by atoms with Crippen LogP contribution in [0.15, 0.2) is 24.4 Å². The zero-order chi connectivity index (χ0) is 23.2. The number of nitrogens with two attached hydrogens (primary N) is 1. The van der Waals surface area contributed by atoms with Gasteiger partial charge < -0.3 is 16.0 Å². The van der Waals surface area contributed by atoms with E-state index in [4.69, 9.17) is 5.73 Å². The standard InChI is InChI=1S/C22H38N4O4S/c1-5-18(11-8-16(4)26-14-6-7-20(26)21(23)27)24-22(28)17-9-12-19(13-10-17)25-31(29,30)15(2)3/h8,11,15,17-20,25H,4-7,9-10,12-14H2,1-3H3,(H2,23,27)(H,24,28)/b11-8-. The number of primary amides is 1. The Balaban J connectivity index is 1.84. The molecule has 0 radical (unpaired) electrons. The van der Waals surface area contributed by atoms with Crippen LogP contribution in [0.2, 0.25) is 0 Å². The van der Waals surface area contributed by atoms with E-state index in [9.17, 15) is 18.0 Å². The number of rotatable bonds is 10. The molecule has 1 saturated carbocycles. The van der Waals surface area contributed by atoms with Gasteiger partial charge in [-0.3, -0.25) is 9.59 Å². The second-order valence-corrected chi connectivity index (χ2v) is 11.2. The lowest BCUT2D eigenvalue weighted by Crippen LogP contribution is -2.44. The SMILES string of the molecule is C=C(/C=C\C(CC)NC(=O)C1CCC(NS(=O)(=O)C(C)C)CC1)N1CCCC1C(N)=O. The first kappa shape index (κ1) is 25.4. The van der Waals surface area contributed by atoms with Crippen LogP contribution >= 0.6 is 0 Å². The maximum absolute atomic E-state index is 12.7. The maximum Gasteiger partial charge on any atom is 0.240 e. The van der Waals surface area contributed by atoms with Gasteiger partial charge in [0.05, 0.1) is 5.25 Å². The smallest absolute Gasteiger partial charge is 0.240 e. The van der Waals surface area contributed by atoms with Crippen molar-refractivity contribution in [2.24, 2.45) is 11.7 Å². The molecule has 2 unspecified atom stereocenters. The summed E-state index contributed by atoms with van der Waals surface area (Å²) in [5, 5.41) is 2.62. The number of amides is 2. The van der Waals surface area contributed by atoms with Crippen molar-refractivity contribution < 1.29 is 18.0 Å². The maximum atomic E-state index is 12.7. The minimum atomic E-state index is -3.29. The molecule has 0 bridgehead atoms. The quantitative estimate of drug-likeness (QED) is 0.435. The van der Waals surface area contributed by atoms with Gasteiger partial charge in [0.1, 0.15) is 6.04 Å². The Morgan fingerprint density at radius 1 is 1.19 bits per heavy atom. The lowest BCUT2D eigenvalue weighted by atomic mass is 9.85. The molecule has 8 nitrogen and oxygen atoms in total. The van der Waals surface area contributed by atoms with Gasteiger partial charge in [-0.05, 0) is 64.9 Å². The molecule has 1 aliphatic heterocycles. The highest BCUT2D eigenvalue weighted by atomic mass is 32.2. The topological polar surface area (TPSA) is 122 Å². The monoisotopic (exact) mass is 454 g/mol. The van der Waals surface area contributed by atoms with Crippen LogP contribution in [0.25, 0.3) is 0 Å². The van der Waals surface area contributed by atoms with E-state index in [0.29, 0.717) is 25.7 Å². The Morgan fingerprint density at radius 3 is 2.39 bits per heavy atom. The zero-order valence-electron chi connectivity index (χ0n) is 19.0. The van der Waals surface area contributed by atoms with Crippen molar-refractivity contribution >= 4 is 21.8 Å². The minimum Gasteiger partial charge on any atom is -0.368 e. The fourth-order valence-corrected chi connectivity index (χ4v) is 5.13. The van der Waals surface area contributed by atoms with E-state index in [1.807, 2.05) is 24.0 Å². The summed E-state index contributed by atoms with van der Waals surface area (Å²) in [4.78, 5) is 26.2. The summed E-state index contributed by atoms with van der Waals surface area (Å²) in [6.45, 7) is 10.1. The van der Waals surface area contributed by atoms with Gasteiger partial charge >= 0.3 is 0 Å². The summed E-state index contributed by atoms with van der Waals surface area (Å²) in [5.41, 5.74) is 6.20. The predicted octanol–water partition coefficient (Wildman–Crippen LogP) is 1.79. The van der Waals surface area contributed by atoms with Crippen molar-refractivity contribution in [1.29, 1.82) is 0 Å². The van der Waals surface area contributed by atoms with E-state index in [2.05, 4.69) is 16.6 Å². The first-order valence-corrected chi connectivity index (χ1v) is 12.8. The molecule has 0 aromatic carbocycles. The molecule has 2 atom stereocenters. The molecule has 0 aromatic rings. The van der Waals surface area contributed by atoms with E-state index in [1.165, 1.54) is 0 Å². The zero-order valence-corrected chi connectivity index (χ0v) is 19.8. The predicted molar refractivity (Wildman–Crippen MR) is 122 cm³/mol. The average molecular weight is 455 g/mol. The molecular formula is C22H38N4O4S. The fourth-order valence-electron chi connectivity index (χ4n) is 4.16. The molecule has 1 heterocycles. The second-order valence-electron chi connectivity index (χ2n) is 8.89. The van der Waals surface area contributed by atoms with Crippen LogP contribution in [-0.4, -0.2) is 55.1 Å². The number of sulfonamides is 1. The van der Waals surface area contributed by atoms with Crippen LogP contribution in [0, 0.1) is 5.92 Å². The van der Waals surface area contributed by atoms with Crippen molar-refractivity contribution in [2.75, 3.05) is 6.54 Å². The molecule has 4 N–H and O–H groups in total. The molecule has 2 amide bonds. The van der Waals surface area contributed by atoms with Crippen LogP contribution in [0.1, 0.15) is 65.7 Å². The molecule has 0 aromatic heterocycles. The van der Waals surface area contributed by atoms with Gasteiger partial charge in [-0.25, -0.2) is 13.1 Å². The second kappa shape index (κ2) is 11.1. The summed E-state index contributed by atoms with van der Waals surface area (Å²) >= 11 is 0. The first-order valence-electron chi connectivity index (χ1n) is 11.3. The Morgan fingerprint density at radius 2 is 1.84 bits per heavy atom. The lowest BCUT2D eigenvalue weighted by molar-refractivity contribution is -0.126. The van der Waals surface area contributed by atoms with Gasteiger partial charge in [-0.1, -0.05) is 19.6 Å². The number of nitrogens with zero attached hydrogens (tertiary/aromatic N) is 1. The highest BCUT2D eigenvalue weighted by Crippen LogP contribution is 2.26. The number of allylic oxidation sites excluding steroid dienone is 1. The van der Waals surface area contributed by atoms with Crippen molar-refractivity contribution in [3.05, 3.63) is 24.4 Å². The van der Waals surface area contributed by atoms with Gasteiger partial charge in [0.2, 0.25) is 21.8 Å². The number of likely N-dealkylation sites (tertiary alicyclic amines) is 1. The number of carbonyl (C=O) groups excluding carboxylic acids is 2. The molecule has 0 spiro atoms. The van der Waals surface area contributed by atoms with E-state index >= 15 is 0 Å². The highest BCUT2D eigenvalue weighted by Gasteiger charge is 2.31. The molecule has 2 aliphatic rings. The third-order valence-electron chi connectivity index (χ3n) is 6.29. The third kappa shape index (κ3) is 7.07. The summed E-state index contributed by atoms with van der Waals surface area (Å²) in [5.74, 6) is -0.439. The van der Waals surface area contributed by atoms with Crippen molar-refractivity contribution in [2.45, 2.75) is 89.1 Å². The van der Waals surface area contributed by atoms with E-state index in [1.54, 1.807) is 13.8 Å². The molecule has 9 heteroatoms.